The summed E-state index contributed by atoms with van der Waals surface area (Å²) >= 11 is 0. The average molecular weight is 416 g/mol. The summed E-state index contributed by atoms with van der Waals surface area (Å²) in [5, 5.41) is 21.4. The van der Waals surface area contributed by atoms with Crippen LogP contribution in [0.5, 0.6) is 0 Å². The minimum Gasteiger partial charge on any atom is -0.477 e. The maximum absolute atomic E-state index is 12.6. The van der Waals surface area contributed by atoms with E-state index in [0.717, 1.165) is 17.1 Å². The van der Waals surface area contributed by atoms with Crippen LogP contribution in [0.4, 0.5) is 11.4 Å². The summed E-state index contributed by atoms with van der Waals surface area (Å²) in [7, 11) is -4.43. The van der Waals surface area contributed by atoms with Gasteiger partial charge in [-0.15, -0.1) is 0 Å². The highest BCUT2D eigenvalue weighted by molar-refractivity contribution is 7.85. The predicted molar refractivity (Wildman–Crippen MR) is 98.9 cm³/mol. The third kappa shape index (κ3) is 4.23. The van der Waals surface area contributed by atoms with E-state index >= 15 is 0 Å². The zero-order chi connectivity index (χ0) is 21.2. The molecule has 1 amide bonds. The summed E-state index contributed by atoms with van der Waals surface area (Å²) in [6.45, 7) is 0. The van der Waals surface area contributed by atoms with Crippen molar-refractivity contribution in [3.63, 3.8) is 0 Å². The second kappa shape index (κ2) is 7.69. The van der Waals surface area contributed by atoms with Gasteiger partial charge in [-0.05, 0) is 36.4 Å². The first kappa shape index (κ1) is 20.0. The number of carboxylic acid groups (broad SMARTS) is 1. The number of hydrazone groups is 1. The van der Waals surface area contributed by atoms with E-state index < -0.39 is 38.6 Å². The molecule has 1 aliphatic heterocycles. The molecule has 0 bridgehead atoms. The number of aldehydes is 1. The number of anilines is 1. The Hall–Kier alpha value is -3.77. The van der Waals surface area contributed by atoms with Crippen LogP contribution in [0, 0.1) is 0 Å². The van der Waals surface area contributed by atoms with Crippen molar-refractivity contribution < 1.29 is 32.5 Å². The van der Waals surface area contributed by atoms with E-state index in [1.807, 2.05) is 0 Å². The lowest BCUT2D eigenvalue weighted by Crippen LogP contribution is -2.33. The van der Waals surface area contributed by atoms with E-state index in [4.69, 9.17) is 4.55 Å². The maximum Gasteiger partial charge on any atom is 0.355 e. The molecule has 0 fully saturated rings. The number of rotatable bonds is 6. The second-order valence-electron chi connectivity index (χ2n) is 5.74. The SMILES string of the molecule is O=Cc1cccc(N=NC2C(=O)N(c3ccc(S(=O)(=O)O)cc3)N=C2C(=O)O)c1. The van der Waals surface area contributed by atoms with E-state index in [9.17, 15) is 27.9 Å². The number of aliphatic carboxylic acids is 1. The van der Waals surface area contributed by atoms with Gasteiger partial charge in [0.15, 0.2) is 5.71 Å². The fourth-order valence-electron chi connectivity index (χ4n) is 2.44. The van der Waals surface area contributed by atoms with Crippen LogP contribution in [0.1, 0.15) is 10.4 Å². The summed E-state index contributed by atoms with van der Waals surface area (Å²) in [5.41, 5.74) is 0.0564. The van der Waals surface area contributed by atoms with Crippen molar-refractivity contribution >= 4 is 45.4 Å². The molecular weight excluding hydrogens is 404 g/mol. The van der Waals surface area contributed by atoms with Crippen molar-refractivity contribution in [1.82, 2.24) is 0 Å². The van der Waals surface area contributed by atoms with E-state index in [1.54, 1.807) is 6.07 Å². The number of carboxylic acids is 1. The molecule has 1 heterocycles. The van der Waals surface area contributed by atoms with E-state index in [0.29, 0.717) is 11.8 Å². The lowest BCUT2D eigenvalue weighted by atomic mass is 10.2. The summed E-state index contributed by atoms with van der Waals surface area (Å²) in [4.78, 5) is 34.5. The largest absolute Gasteiger partial charge is 0.477 e. The van der Waals surface area contributed by atoms with Gasteiger partial charge in [0.2, 0.25) is 6.04 Å². The highest BCUT2D eigenvalue weighted by Crippen LogP contribution is 2.25. The lowest BCUT2D eigenvalue weighted by molar-refractivity contribution is -0.130. The average Bonchev–Trinajstić information content (AvgIpc) is 3.02. The number of azo groups is 1. The third-order valence-corrected chi connectivity index (χ3v) is 4.67. The molecule has 0 aromatic heterocycles. The molecule has 3 rings (SSSR count). The number of carbonyl (C=O) groups excluding carboxylic acids is 2. The molecule has 1 atom stereocenters. The van der Waals surface area contributed by atoms with Crippen LogP contribution in [0.25, 0.3) is 0 Å². The molecule has 2 aromatic rings. The molecule has 148 valence electrons. The quantitative estimate of drug-likeness (QED) is 0.410. The van der Waals surface area contributed by atoms with E-state index in [-0.39, 0.29) is 11.4 Å². The molecule has 2 N–H and O–H groups in total. The Morgan fingerprint density at radius 1 is 1.17 bits per heavy atom. The van der Waals surface area contributed by atoms with Gasteiger partial charge >= 0.3 is 5.97 Å². The van der Waals surface area contributed by atoms with Crippen molar-refractivity contribution in [2.45, 2.75) is 10.9 Å². The van der Waals surface area contributed by atoms with Crippen LogP contribution in [-0.4, -0.2) is 48.0 Å². The van der Waals surface area contributed by atoms with E-state index in [1.165, 1.54) is 30.3 Å². The fraction of sp³-hybridized carbons (Fsp3) is 0.0588. The number of benzene rings is 2. The van der Waals surface area contributed by atoms with Gasteiger partial charge in [-0.2, -0.15) is 28.8 Å². The van der Waals surface area contributed by atoms with Gasteiger partial charge in [-0.1, -0.05) is 12.1 Å². The smallest absolute Gasteiger partial charge is 0.355 e. The standard InChI is InChI=1S/C17H12N4O7S/c22-9-10-2-1-3-11(8-10)18-19-14-15(17(24)25)20-21(16(14)23)12-4-6-13(7-5-12)29(26,27)28/h1-9,14H,(H,24,25)(H,26,27,28). The number of hydrogen-bond donors (Lipinski definition) is 2. The Bertz CT molecular complexity index is 1160. The molecule has 11 nitrogen and oxygen atoms in total. The molecule has 0 saturated carbocycles. The number of nitrogens with zero attached hydrogens (tertiary/aromatic N) is 4. The molecule has 1 unspecified atom stereocenters. The first-order valence-electron chi connectivity index (χ1n) is 7.90. The zero-order valence-electron chi connectivity index (χ0n) is 14.4. The van der Waals surface area contributed by atoms with Crippen molar-refractivity contribution in [3.05, 3.63) is 54.1 Å². The van der Waals surface area contributed by atoms with Gasteiger partial charge in [-0.25, -0.2) is 4.79 Å². The molecular formula is C17H12N4O7S. The van der Waals surface area contributed by atoms with Gasteiger partial charge in [0.25, 0.3) is 16.0 Å². The Labute approximate surface area is 163 Å². The van der Waals surface area contributed by atoms with Crippen LogP contribution in [0.15, 0.2) is 68.8 Å². The van der Waals surface area contributed by atoms with Gasteiger partial charge in [-0.3, -0.25) is 14.1 Å². The van der Waals surface area contributed by atoms with Crippen LogP contribution < -0.4 is 5.01 Å². The topological polar surface area (TPSA) is 166 Å². The van der Waals surface area contributed by atoms with Crippen LogP contribution in [0.2, 0.25) is 0 Å². The number of amides is 1. The van der Waals surface area contributed by atoms with Crippen molar-refractivity contribution in [1.29, 1.82) is 0 Å². The summed E-state index contributed by atoms with van der Waals surface area (Å²) in [6.07, 6.45) is 0.599. The maximum atomic E-state index is 12.6. The van der Waals surface area contributed by atoms with Gasteiger partial charge in [0, 0.05) is 5.56 Å². The van der Waals surface area contributed by atoms with E-state index in [2.05, 4.69) is 15.3 Å². The monoisotopic (exact) mass is 416 g/mol. The van der Waals surface area contributed by atoms with Crippen molar-refractivity contribution in [2.24, 2.45) is 15.3 Å². The molecule has 2 aromatic carbocycles. The lowest BCUT2D eigenvalue weighted by Gasteiger charge is -2.12. The van der Waals surface area contributed by atoms with Crippen molar-refractivity contribution in [3.8, 4) is 0 Å². The highest BCUT2D eigenvalue weighted by atomic mass is 32.2. The van der Waals surface area contributed by atoms with Gasteiger partial charge in [0.1, 0.15) is 6.29 Å². The Balaban J connectivity index is 1.91. The Morgan fingerprint density at radius 3 is 2.45 bits per heavy atom. The van der Waals surface area contributed by atoms with Crippen LogP contribution >= 0.6 is 0 Å². The van der Waals surface area contributed by atoms with Gasteiger partial charge < -0.3 is 5.11 Å². The fourth-order valence-corrected chi connectivity index (χ4v) is 2.92. The molecule has 0 radical (unpaired) electrons. The summed E-state index contributed by atoms with van der Waals surface area (Å²) < 4.78 is 31.2. The predicted octanol–water partition coefficient (Wildman–Crippen LogP) is 1.69. The van der Waals surface area contributed by atoms with Crippen molar-refractivity contribution in [2.75, 3.05) is 5.01 Å². The van der Waals surface area contributed by atoms with Crippen LogP contribution in [0.3, 0.4) is 0 Å². The highest BCUT2D eigenvalue weighted by Gasteiger charge is 2.41. The summed E-state index contributed by atoms with van der Waals surface area (Å²) in [5.74, 6) is -2.31. The van der Waals surface area contributed by atoms with Crippen LogP contribution in [-0.2, 0) is 19.7 Å². The number of carbonyl (C=O) groups is 3. The molecule has 1 aliphatic rings. The molecule has 0 saturated heterocycles. The van der Waals surface area contributed by atoms with Gasteiger partial charge in [0.05, 0.1) is 16.3 Å². The minimum absolute atomic E-state index is 0.0711. The second-order valence-corrected chi connectivity index (χ2v) is 7.16. The third-order valence-electron chi connectivity index (χ3n) is 3.80. The first-order chi connectivity index (χ1) is 13.7. The minimum atomic E-state index is -4.43. The first-order valence-corrected chi connectivity index (χ1v) is 9.34. The molecule has 29 heavy (non-hydrogen) atoms. The molecule has 0 aliphatic carbocycles. The Morgan fingerprint density at radius 2 is 1.86 bits per heavy atom. The zero-order valence-corrected chi connectivity index (χ0v) is 15.2. The molecule has 12 heteroatoms. The summed E-state index contributed by atoms with van der Waals surface area (Å²) in [6, 6.07) is 8.89. The Kier molecular flexibility index (Phi) is 5.30. The normalized spacial score (nSPS) is 16.9. The number of hydrogen-bond acceptors (Lipinski definition) is 8. The molecule has 0 spiro atoms.